The standard InChI is InChI=1S/C12H9N5O/c1-18-9-4-2-3-8-7-16-12-11(13-5-6-14-12)15-17(16)10(8)9/h2-7H,1H3. The van der Waals surface area contributed by atoms with Gasteiger partial charge in [-0.3, -0.25) is 0 Å². The molecule has 0 fully saturated rings. The number of rotatable bonds is 1. The number of hydrogen-bond donors (Lipinski definition) is 0. The zero-order valence-electron chi connectivity index (χ0n) is 9.61. The lowest BCUT2D eigenvalue weighted by Crippen LogP contribution is -2.30. The topological polar surface area (TPSA) is 57.6 Å². The molecule has 6 nitrogen and oxygen atoms in total. The van der Waals surface area contributed by atoms with E-state index < -0.39 is 0 Å². The van der Waals surface area contributed by atoms with Crippen LogP contribution < -0.4 is 14.5 Å². The summed E-state index contributed by atoms with van der Waals surface area (Å²) in [6.07, 6.45) is 5.27. The molecular formula is C12H9N5O. The highest BCUT2D eigenvalue weighted by molar-refractivity contribution is 5.82. The summed E-state index contributed by atoms with van der Waals surface area (Å²) in [6.45, 7) is 0. The van der Waals surface area contributed by atoms with E-state index in [-0.39, 0.29) is 0 Å². The van der Waals surface area contributed by atoms with Gasteiger partial charge in [0.05, 0.1) is 12.5 Å². The fourth-order valence-corrected chi connectivity index (χ4v) is 2.21. The first-order chi connectivity index (χ1) is 8.88. The summed E-state index contributed by atoms with van der Waals surface area (Å²) in [4.78, 5) is 8.49. The van der Waals surface area contributed by atoms with E-state index >= 15 is 0 Å². The summed E-state index contributed by atoms with van der Waals surface area (Å²) in [5.74, 6) is 0.780. The van der Waals surface area contributed by atoms with Gasteiger partial charge in [-0.05, 0) is 18.3 Å². The average molecular weight is 239 g/mol. The van der Waals surface area contributed by atoms with Gasteiger partial charge in [-0.2, -0.15) is 4.52 Å². The molecule has 4 aromatic rings. The zero-order chi connectivity index (χ0) is 12.1. The van der Waals surface area contributed by atoms with E-state index in [0.717, 1.165) is 22.3 Å². The Morgan fingerprint density at radius 1 is 1.28 bits per heavy atom. The molecule has 18 heavy (non-hydrogen) atoms. The summed E-state index contributed by atoms with van der Waals surface area (Å²) >= 11 is 0. The minimum absolute atomic E-state index is 0.616. The van der Waals surface area contributed by atoms with Crippen molar-refractivity contribution in [2.24, 2.45) is 0 Å². The van der Waals surface area contributed by atoms with Crippen LogP contribution in [-0.2, 0) is 0 Å². The molecule has 1 aromatic carbocycles. The zero-order valence-corrected chi connectivity index (χ0v) is 9.61. The fourth-order valence-electron chi connectivity index (χ4n) is 2.21. The van der Waals surface area contributed by atoms with Crippen molar-refractivity contribution in [3.8, 4) is 5.75 Å². The van der Waals surface area contributed by atoms with Crippen molar-refractivity contribution in [3.05, 3.63) is 36.8 Å². The molecule has 6 heteroatoms. The Hall–Kier alpha value is -2.63. The molecule has 0 aliphatic rings. The first-order valence-corrected chi connectivity index (χ1v) is 5.52. The molecular weight excluding hydrogens is 230 g/mol. The van der Waals surface area contributed by atoms with Gasteiger partial charge in [0.15, 0.2) is 11.4 Å². The van der Waals surface area contributed by atoms with Crippen LogP contribution in [0.2, 0.25) is 0 Å². The third kappa shape index (κ3) is 1.04. The summed E-state index contributed by atoms with van der Waals surface area (Å²) in [7, 11) is 1.65. The Morgan fingerprint density at radius 3 is 3.06 bits per heavy atom. The third-order valence-electron chi connectivity index (χ3n) is 2.98. The van der Waals surface area contributed by atoms with Gasteiger partial charge in [-0.1, -0.05) is 10.7 Å². The van der Waals surface area contributed by atoms with Gasteiger partial charge in [0.2, 0.25) is 0 Å². The maximum absolute atomic E-state index is 5.37. The molecule has 0 unspecified atom stereocenters. The largest absolute Gasteiger partial charge is 0.490 e. The van der Waals surface area contributed by atoms with Crippen molar-refractivity contribution in [2.75, 3.05) is 7.11 Å². The minimum Gasteiger partial charge on any atom is -0.490 e. The Kier molecular flexibility index (Phi) is 1.67. The van der Waals surface area contributed by atoms with Crippen molar-refractivity contribution in [3.63, 3.8) is 0 Å². The highest BCUT2D eigenvalue weighted by Gasteiger charge is 2.17. The smallest absolute Gasteiger partial charge is 0.288 e. The molecule has 0 aliphatic heterocycles. The number of nitrogens with zero attached hydrogens (tertiary/aromatic N) is 5. The molecule has 0 saturated carbocycles. The molecule has 0 atom stereocenters. The normalized spacial score (nSPS) is 11.6. The van der Waals surface area contributed by atoms with E-state index in [1.807, 2.05) is 28.9 Å². The van der Waals surface area contributed by atoms with E-state index in [1.54, 1.807) is 24.1 Å². The van der Waals surface area contributed by atoms with E-state index in [2.05, 4.69) is 15.1 Å². The number of aromatic nitrogens is 5. The molecule has 0 saturated heterocycles. The Labute approximate surface area is 101 Å². The van der Waals surface area contributed by atoms with Crippen LogP contribution >= 0.6 is 0 Å². The molecule has 0 N–H and O–H groups in total. The molecule has 0 radical (unpaired) electrons. The van der Waals surface area contributed by atoms with Gasteiger partial charge in [0, 0.05) is 12.4 Å². The third-order valence-corrected chi connectivity index (χ3v) is 2.98. The van der Waals surface area contributed by atoms with E-state index in [0.29, 0.717) is 5.65 Å². The fraction of sp³-hybridized carbons (Fsp3) is 0.0833. The molecule has 88 valence electrons. The van der Waals surface area contributed by atoms with Crippen LogP contribution in [0, 0.1) is 0 Å². The van der Waals surface area contributed by atoms with Gasteiger partial charge in [0.25, 0.3) is 5.52 Å². The van der Waals surface area contributed by atoms with E-state index in [1.165, 1.54) is 0 Å². The van der Waals surface area contributed by atoms with Crippen LogP contribution in [-0.4, -0.2) is 21.6 Å². The van der Waals surface area contributed by atoms with Gasteiger partial charge in [-0.15, -0.1) is 5.10 Å². The number of ether oxygens (including phenoxy) is 1. The molecule has 3 heterocycles. The summed E-state index contributed by atoms with van der Waals surface area (Å²) in [5.41, 5.74) is 2.26. The Balaban J connectivity index is 2.29. The van der Waals surface area contributed by atoms with Crippen molar-refractivity contribution < 1.29 is 9.37 Å². The lowest BCUT2D eigenvalue weighted by atomic mass is 10.2. The first kappa shape index (κ1) is 9.41. The number of benzene rings is 1. The number of hydrogen-bond acceptors (Lipinski definition) is 3. The second-order valence-corrected chi connectivity index (χ2v) is 3.96. The van der Waals surface area contributed by atoms with Crippen molar-refractivity contribution in [1.29, 1.82) is 0 Å². The van der Waals surface area contributed by atoms with Gasteiger partial charge < -0.3 is 9.72 Å². The van der Waals surface area contributed by atoms with Crippen molar-refractivity contribution in [1.82, 2.24) is 19.6 Å². The average Bonchev–Trinajstić information content (AvgIpc) is 2.94. The maximum atomic E-state index is 5.37. The minimum atomic E-state index is 0.616. The predicted molar refractivity (Wildman–Crippen MR) is 63.5 cm³/mol. The number of methoxy groups -OCH3 is 1. The van der Waals surface area contributed by atoms with E-state index in [9.17, 15) is 0 Å². The summed E-state index contributed by atoms with van der Waals surface area (Å²) < 4.78 is 9.01. The molecule has 0 spiro atoms. The van der Waals surface area contributed by atoms with Gasteiger partial charge in [-0.25, -0.2) is 4.98 Å². The SMILES string of the molecule is COc1cccc2cn3c4nccnc4[n-][n+]3c12. The van der Waals surface area contributed by atoms with Crippen LogP contribution in [0.25, 0.3) is 22.2 Å². The molecule has 3 aromatic heterocycles. The molecule has 0 amide bonds. The second-order valence-electron chi connectivity index (χ2n) is 3.96. The first-order valence-electron chi connectivity index (χ1n) is 5.52. The van der Waals surface area contributed by atoms with Crippen molar-refractivity contribution in [2.45, 2.75) is 0 Å². The van der Waals surface area contributed by atoms with Crippen LogP contribution in [0.1, 0.15) is 0 Å². The van der Waals surface area contributed by atoms with Crippen molar-refractivity contribution >= 4 is 22.2 Å². The quantitative estimate of drug-likeness (QED) is 0.456. The monoisotopic (exact) mass is 239 g/mol. The highest BCUT2D eigenvalue weighted by atomic mass is 16.5. The molecule has 0 aliphatic carbocycles. The maximum Gasteiger partial charge on any atom is 0.288 e. The van der Waals surface area contributed by atoms with Crippen LogP contribution in [0.15, 0.2) is 36.8 Å². The van der Waals surface area contributed by atoms with Gasteiger partial charge in [0.1, 0.15) is 5.65 Å². The highest BCUT2D eigenvalue weighted by Crippen LogP contribution is 2.22. The number of fused-ring (bicyclic) bond motifs is 5. The van der Waals surface area contributed by atoms with Crippen LogP contribution in [0.3, 0.4) is 0 Å². The summed E-state index contributed by atoms with van der Waals surface area (Å²) in [6, 6.07) is 5.88. The lowest BCUT2D eigenvalue weighted by molar-refractivity contribution is -0.650. The Morgan fingerprint density at radius 2 is 2.17 bits per heavy atom. The Bertz CT molecular complexity index is 876. The van der Waals surface area contributed by atoms with Gasteiger partial charge >= 0.3 is 0 Å². The molecule has 4 rings (SSSR count). The number of para-hydroxylation sites is 1. The van der Waals surface area contributed by atoms with E-state index in [4.69, 9.17) is 4.74 Å². The predicted octanol–water partition coefficient (Wildman–Crippen LogP) is 0.587. The second kappa shape index (κ2) is 3.19. The van der Waals surface area contributed by atoms with Crippen LogP contribution in [0.5, 0.6) is 5.75 Å². The lowest BCUT2D eigenvalue weighted by Gasteiger charge is -1.95. The summed E-state index contributed by atoms with van der Waals surface area (Å²) in [5, 5.41) is 5.49. The van der Waals surface area contributed by atoms with Crippen LogP contribution in [0.4, 0.5) is 0 Å². The molecule has 0 bridgehead atoms.